The van der Waals surface area contributed by atoms with Crippen molar-refractivity contribution in [2.75, 3.05) is 170 Å². The summed E-state index contributed by atoms with van der Waals surface area (Å²) in [5, 5.41) is 17.4. The highest BCUT2D eigenvalue weighted by Gasteiger charge is 2.57. The van der Waals surface area contributed by atoms with Crippen LogP contribution in [0.15, 0.2) is 24.3 Å². The lowest BCUT2D eigenvalue weighted by atomic mass is 9.72. The van der Waals surface area contributed by atoms with E-state index in [2.05, 4.69) is 37.2 Å². The van der Waals surface area contributed by atoms with E-state index in [4.69, 9.17) is 42.6 Å². The number of nitrogens with one attached hydrogen (secondary N) is 7. The second-order valence-corrected chi connectivity index (χ2v) is 25.7. The summed E-state index contributed by atoms with van der Waals surface area (Å²) in [5.41, 5.74) is -1.06. The topological polar surface area (TPSA) is 427 Å². The van der Waals surface area contributed by atoms with Gasteiger partial charge < -0.3 is 79.8 Å². The lowest BCUT2D eigenvalue weighted by molar-refractivity contribution is -0.154. The maximum Gasteiger partial charge on any atom is 0.250 e. The van der Waals surface area contributed by atoms with Crippen molar-refractivity contribution in [3.05, 3.63) is 29.8 Å². The van der Waals surface area contributed by atoms with Gasteiger partial charge in [0.25, 0.3) is 0 Å². The van der Waals surface area contributed by atoms with Gasteiger partial charge in [-0.15, -0.1) is 11.8 Å². The number of amides is 9. The quantitative estimate of drug-likeness (QED) is 0.0132. The summed E-state index contributed by atoms with van der Waals surface area (Å²) < 4.78 is 47.9. The molecule has 35 heteroatoms. The Labute approximate surface area is 575 Å². The maximum absolute atomic E-state index is 13.4. The molecule has 0 aliphatic carbocycles. The number of hydrogen-bond acceptors (Lipinski definition) is 27. The Balaban J connectivity index is 1.34. The van der Waals surface area contributed by atoms with Crippen LogP contribution in [0.25, 0.3) is 0 Å². The van der Waals surface area contributed by atoms with Crippen molar-refractivity contribution in [1.29, 1.82) is 0 Å². The van der Waals surface area contributed by atoms with E-state index in [9.17, 15) is 71.9 Å². The van der Waals surface area contributed by atoms with Crippen molar-refractivity contribution in [3.63, 3.8) is 0 Å². The number of likely N-dealkylation sites (tertiary alicyclic amines) is 1. The molecule has 0 spiro atoms. The van der Waals surface area contributed by atoms with Crippen LogP contribution in [0.2, 0.25) is 0 Å². The maximum atomic E-state index is 13.4. The minimum absolute atomic E-state index is 0.0142. The molecule has 97 heavy (non-hydrogen) atoms. The SMILES string of the molecule is CNC(=O)CCNC(=O)CCc1ccc(NC(=O)COCC(=O)NC[C@@H](NC(=O)CCSC2CC(=O)N(CCC(=O)NCCOCCOCCOCCOCCC(=O)C3(C(C)=O)SS3)C2=O)C(=O)NCCOCCOCCOCCOCCC(=O)C(C(C)=O)(C(C)=O)C(C)=O)cc1. The molecule has 3 rings (SSSR count). The number of imide groups is 1. The zero-order valence-corrected chi connectivity index (χ0v) is 58.0. The van der Waals surface area contributed by atoms with Crippen LogP contribution in [0.4, 0.5) is 5.69 Å². The zero-order valence-electron chi connectivity index (χ0n) is 55.6. The highest BCUT2D eigenvalue weighted by molar-refractivity contribution is 8.94. The van der Waals surface area contributed by atoms with Crippen LogP contribution in [-0.2, 0) is 121 Å². The van der Waals surface area contributed by atoms with Crippen LogP contribution in [0.1, 0.15) is 78.2 Å². The number of nitrogens with zero attached hydrogens (tertiary/aromatic N) is 1. The van der Waals surface area contributed by atoms with Gasteiger partial charge in [0.1, 0.15) is 19.3 Å². The van der Waals surface area contributed by atoms with Crippen molar-refractivity contribution >= 4 is 127 Å². The molecule has 32 nitrogen and oxygen atoms in total. The fourth-order valence-corrected chi connectivity index (χ4v) is 12.3. The molecule has 0 aromatic heterocycles. The van der Waals surface area contributed by atoms with Crippen LogP contribution in [0.5, 0.6) is 0 Å². The number of carbonyl (C=O) groups excluding carboxylic acids is 15. The molecule has 1 unspecified atom stereocenters. The van der Waals surface area contributed by atoms with Gasteiger partial charge in [-0.1, -0.05) is 33.7 Å². The molecule has 0 saturated carbocycles. The van der Waals surface area contributed by atoms with E-state index in [1.54, 1.807) is 24.3 Å². The second kappa shape index (κ2) is 48.2. The first-order valence-corrected chi connectivity index (χ1v) is 34.8. The van der Waals surface area contributed by atoms with Gasteiger partial charge in [0, 0.05) is 96.2 Å². The van der Waals surface area contributed by atoms with Gasteiger partial charge >= 0.3 is 0 Å². The first-order valence-electron chi connectivity index (χ1n) is 31.6. The third-order valence-corrected chi connectivity index (χ3v) is 18.5. The second-order valence-electron chi connectivity index (χ2n) is 21.5. The van der Waals surface area contributed by atoms with Crippen molar-refractivity contribution in [2.45, 2.75) is 94.4 Å². The molecular weight excluding hydrogens is 1340 g/mol. The van der Waals surface area contributed by atoms with Gasteiger partial charge in [0.15, 0.2) is 38.8 Å². The van der Waals surface area contributed by atoms with Gasteiger partial charge in [-0.25, -0.2) is 0 Å². The van der Waals surface area contributed by atoms with Crippen molar-refractivity contribution in [3.8, 4) is 0 Å². The number of thioether (sulfide) groups is 1. The van der Waals surface area contributed by atoms with Gasteiger partial charge in [0.2, 0.25) is 58.6 Å². The fourth-order valence-electron chi connectivity index (χ4n) is 8.95. The number of Topliss-reactive ketones (excluding diaryl/α,β-unsaturated/α-hetero) is 6. The first kappa shape index (κ1) is 84.6. The molecule has 0 bridgehead atoms. The molecule has 1 aromatic rings. The third kappa shape index (κ3) is 33.2. The van der Waals surface area contributed by atoms with E-state index < -0.39 is 105 Å². The molecule has 7 N–H and O–H groups in total. The molecule has 2 heterocycles. The normalized spacial score (nSPS) is 14.2. The van der Waals surface area contributed by atoms with Crippen molar-refractivity contribution < 1.29 is 115 Å². The highest BCUT2D eigenvalue weighted by Crippen LogP contribution is 2.66. The van der Waals surface area contributed by atoms with E-state index in [1.165, 1.54) is 35.6 Å². The first-order chi connectivity index (χ1) is 46.5. The Morgan fingerprint density at radius 3 is 1.56 bits per heavy atom. The summed E-state index contributed by atoms with van der Waals surface area (Å²) in [6, 6.07) is 5.42. The molecular formula is C62H92N8O24S3. The number of rotatable bonds is 58. The molecule has 2 fully saturated rings. The summed E-state index contributed by atoms with van der Waals surface area (Å²) >= 11 is 1.06. The minimum atomic E-state index is -2.32. The average Bonchev–Trinajstić information content (AvgIpc) is 1.76. The molecule has 542 valence electrons. The predicted octanol–water partition coefficient (Wildman–Crippen LogP) is -1.21. The summed E-state index contributed by atoms with van der Waals surface area (Å²) in [6.07, 6.45) is 0.127. The average molecular weight is 1430 g/mol. The van der Waals surface area contributed by atoms with Crippen LogP contribution in [0.3, 0.4) is 0 Å². The predicted molar refractivity (Wildman–Crippen MR) is 353 cm³/mol. The van der Waals surface area contributed by atoms with Crippen molar-refractivity contribution in [1.82, 2.24) is 36.8 Å². The van der Waals surface area contributed by atoms with Crippen molar-refractivity contribution in [2.24, 2.45) is 5.41 Å². The smallest absolute Gasteiger partial charge is 0.250 e. The number of carbonyl (C=O) groups is 15. The number of benzene rings is 1. The van der Waals surface area contributed by atoms with Gasteiger partial charge in [0.05, 0.1) is 111 Å². The Morgan fingerprint density at radius 2 is 1.03 bits per heavy atom. The number of hydrogen-bond donors (Lipinski definition) is 7. The van der Waals surface area contributed by atoms with E-state index in [1.807, 2.05) is 0 Å². The largest absolute Gasteiger partial charge is 0.379 e. The number of ether oxygens (including phenoxy) is 9. The summed E-state index contributed by atoms with van der Waals surface area (Å²) in [5.74, 6) is -7.97. The molecule has 9 amide bonds. The zero-order chi connectivity index (χ0) is 71.4. The molecule has 2 aliphatic heterocycles. The highest BCUT2D eigenvalue weighted by atomic mass is 33.2. The Hall–Kier alpha value is -6.64. The van der Waals surface area contributed by atoms with E-state index >= 15 is 0 Å². The Bertz CT molecular complexity index is 2760. The van der Waals surface area contributed by atoms with E-state index in [-0.39, 0.29) is 180 Å². The van der Waals surface area contributed by atoms with Crippen LogP contribution in [-0.4, -0.2) is 273 Å². The standard InChI is InChI=1S/C62H92N8O24S3/c1-42(71)61(43(2)72,44(3)73)50(75)14-21-86-25-29-90-33-36-93-32-28-89-24-19-66-59(84)48(39-67-56(81)40-94-41-57(82)68-47-9-6-46(7-10-47)8-11-53(78)64-17-12-52(77)63-5)69-55(80)16-37-95-49-38-58(83)70(60(49)85)20-13-54(79)65-18-23-88-27-31-92-35-34-91-30-26-87-22-15-51(76)62(45(4)74)96-97-62/h6-7,9-10,48-49H,8,11-41H2,1-5H3,(H,63,77)(H,64,78)(H,65,79)(H,66,84)(H,67,81)(H,68,82)(H,69,80)/t48-,49?/m1/s1. The summed E-state index contributed by atoms with van der Waals surface area (Å²) in [7, 11) is 4.05. The van der Waals surface area contributed by atoms with Gasteiger partial charge in [-0.05, 0) is 51.8 Å². The Kier molecular flexibility index (Phi) is 42.0. The van der Waals surface area contributed by atoms with E-state index in [0.717, 1.165) is 43.0 Å². The van der Waals surface area contributed by atoms with Gasteiger partial charge in [-0.2, -0.15) is 0 Å². The molecule has 2 atom stereocenters. The molecule has 1 aromatic carbocycles. The monoisotopic (exact) mass is 1430 g/mol. The van der Waals surface area contributed by atoms with Crippen LogP contribution < -0.4 is 37.2 Å². The van der Waals surface area contributed by atoms with Crippen LogP contribution in [0, 0.1) is 5.41 Å². The van der Waals surface area contributed by atoms with E-state index in [0.29, 0.717) is 38.5 Å². The summed E-state index contributed by atoms with van der Waals surface area (Å²) in [6.45, 7) is 6.16. The molecule has 2 saturated heterocycles. The fraction of sp³-hybridized carbons (Fsp3) is 0.661. The third-order valence-electron chi connectivity index (χ3n) is 14.2. The number of ketones is 6. The molecule has 2 aliphatic rings. The van der Waals surface area contributed by atoms with Gasteiger partial charge in [-0.3, -0.25) is 76.8 Å². The number of anilines is 1. The Morgan fingerprint density at radius 1 is 0.536 bits per heavy atom. The van der Waals surface area contributed by atoms with Crippen LogP contribution >= 0.6 is 33.3 Å². The molecule has 0 radical (unpaired) electrons. The lowest BCUT2D eigenvalue weighted by Crippen LogP contribution is -2.53. The number of aryl methyl sites for hydroxylation is 1. The minimum Gasteiger partial charge on any atom is -0.379 e. The summed E-state index contributed by atoms with van der Waals surface area (Å²) in [4.78, 5) is 188. The lowest BCUT2D eigenvalue weighted by Gasteiger charge is -2.23.